The highest BCUT2D eigenvalue weighted by atomic mass is 32.2. The summed E-state index contributed by atoms with van der Waals surface area (Å²) in [7, 11) is 0. The van der Waals surface area contributed by atoms with Crippen LogP contribution in [0.15, 0.2) is 0 Å². The second kappa shape index (κ2) is 19.4. The summed E-state index contributed by atoms with van der Waals surface area (Å²) in [6, 6.07) is 0. The molecule has 0 bridgehead atoms. The van der Waals surface area contributed by atoms with Crippen molar-refractivity contribution in [1.82, 2.24) is 0 Å². The Morgan fingerprint density at radius 2 is 1.17 bits per heavy atom. The first-order valence-corrected chi connectivity index (χ1v) is 11.4. The van der Waals surface area contributed by atoms with E-state index in [4.69, 9.17) is 8.37 Å². The molecule has 2 atom stereocenters. The zero-order valence-electron chi connectivity index (χ0n) is 16.5. The molecule has 0 aromatic rings. The van der Waals surface area contributed by atoms with Gasteiger partial charge < -0.3 is 0 Å². The van der Waals surface area contributed by atoms with Crippen molar-refractivity contribution in [3.8, 4) is 0 Å². The third-order valence-corrected chi connectivity index (χ3v) is 5.21. The summed E-state index contributed by atoms with van der Waals surface area (Å²) in [5.74, 6) is 0. The summed E-state index contributed by atoms with van der Waals surface area (Å²) < 4.78 is 22.0. The third kappa shape index (κ3) is 18.4. The molecule has 0 rings (SSSR count). The van der Waals surface area contributed by atoms with Gasteiger partial charge in [0.2, 0.25) is 0 Å². The zero-order chi connectivity index (χ0) is 17.9. The van der Waals surface area contributed by atoms with Crippen LogP contribution in [0.25, 0.3) is 0 Å². The minimum Gasteiger partial charge on any atom is -0.268 e. The molecule has 0 aliphatic heterocycles. The van der Waals surface area contributed by atoms with Gasteiger partial charge >= 0.3 is 11.4 Å². The molecule has 0 aliphatic carbocycles. The van der Waals surface area contributed by atoms with Gasteiger partial charge in [0.25, 0.3) is 0 Å². The van der Waals surface area contributed by atoms with Gasteiger partial charge in [0.05, 0.1) is 12.7 Å². The Kier molecular flexibility index (Phi) is 19.5. The van der Waals surface area contributed by atoms with Crippen LogP contribution in [0.2, 0.25) is 0 Å². The molecule has 0 fully saturated rings. The maximum absolute atomic E-state index is 11.5. The molecular weight excluding hydrogens is 320 g/mol. The van der Waals surface area contributed by atoms with E-state index in [0.29, 0.717) is 6.61 Å². The van der Waals surface area contributed by atoms with Gasteiger partial charge in [-0.15, -0.1) is 0 Å². The van der Waals surface area contributed by atoms with Crippen LogP contribution in [0.3, 0.4) is 0 Å². The fraction of sp³-hybridized carbons (Fsp3) is 1.00. The van der Waals surface area contributed by atoms with Crippen LogP contribution in [0, 0.1) is 0 Å². The minimum absolute atomic E-state index is 0.0162. The quantitative estimate of drug-likeness (QED) is 0.235. The van der Waals surface area contributed by atoms with E-state index in [9.17, 15) is 4.21 Å². The molecule has 0 N–H and O–H groups in total. The molecule has 0 aromatic heterocycles. The van der Waals surface area contributed by atoms with Gasteiger partial charge in [0, 0.05) is 0 Å². The second-order valence-corrected chi connectivity index (χ2v) is 7.80. The molecule has 0 amide bonds. The van der Waals surface area contributed by atoms with Crippen molar-refractivity contribution in [1.29, 1.82) is 0 Å². The van der Waals surface area contributed by atoms with Crippen LogP contribution in [0.4, 0.5) is 0 Å². The van der Waals surface area contributed by atoms with Gasteiger partial charge in [0.1, 0.15) is 0 Å². The molecule has 0 aliphatic rings. The van der Waals surface area contributed by atoms with Crippen LogP contribution >= 0.6 is 0 Å². The Morgan fingerprint density at radius 3 is 1.62 bits per heavy atom. The highest BCUT2D eigenvalue weighted by Crippen LogP contribution is 2.12. The number of hydrogen-bond acceptors (Lipinski definition) is 3. The molecule has 0 heterocycles. The highest BCUT2D eigenvalue weighted by molar-refractivity contribution is 7.75. The summed E-state index contributed by atoms with van der Waals surface area (Å²) in [6.45, 7) is 6.85. The van der Waals surface area contributed by atoms with Crippen molar-refractivity contribution >= 4 is 11.4 Å². The van der Waals surface area contributed by atoms with Gasteiger partial charge in [-0.3, -0.25) is 8.37 Å². The highest BCUT2D eigenvalue weighted by Gasteiger charge is 2.07. The van der Waals surface area contributed by atoms with Crippen molar-refractivity contribution in [3.63, 3.8) is 0 Å². The summed E-state index contributed by atoms with van der Waals surface area (Å²) in [5, 5.41) is 0. The topological polar surface area (TPSA) is 35.5 Å². The van der Waals surface area contributed by atoms with E-state index in [2.05, 4.69) is 13.8 Å². The number of hydrogen-bond donors (Lipinski definition) is 0. The first kappa shape index (κ1) is 24.1. The molecule has 2 unspecified atom stereocenters. The molecule has 0 saturated heterocycles. The first-order valence-electron chi connectivity index (χ1n) is 10.4. The van der Waals surface area contributed by atoms with E-state index in [0.717, 1.165) is 19.3 Å². The van der Waals surface area contributed by atoms with Crippen molar-refractivity contribution in [2.45, 2.75) is 123 Å². The maximum atomic E-state index is 11.5. The van der Waals surface area contributed by atoms with Crippen LogP contribution in [0.5, 0.6) is 0 Å². The summed E-state index contributed by atoms with van der Waals surface area (Å²) in [6.07, 6.45) is 19.3. The largest absolute Gasteiger partial charge is 0.304 e. The van der Waals surface area contributed by atoms with E-state index in [1.807, 2.05) is 6.92 Å². The van der Waals surface area contributed by atoms with E-state index in [1.165, 1.54) is 77.0 Å². The predicted molar refractivity (Wildman–Crippen MR) is 105 cm³/mol. The predicted octanol–water partition coefficient (Wildman–Crippen LogP) is 6.88. The lowest BCUT2D eigenvalue weighted by Crippen LogP contribution is -2.12. The summed E-state index contributed by atoms with van der Waals surface area (Å²) in [4.78, 5) is 0. The molecule has 3 nitrogen and oxygen atoms in total. The fourth-order valence-electron chi connectivity index (χ4n) is 2.86. The molecule has 0 saturated carbocycles. The van der Waals surface area contributed by atoms with Crippen LogP contribution in [-0.2, 0) is 19.7 Å². The van der Waals surface area contributed by atoms with Crippen LogP contribution < -0.4 is 0 Å². The Labute approximate surface area is 154 Å². The lowest BCUT2D eigenvalue weighted by molar-refractivity contribution is 0.185. The number of unbranched alkanes of at least 4 members (excludes halogenated alkanes) is 12. The molecule has 0 spiro atoms. The molecule has 4 heteroatoms. The van der Waals surface area contributed by atoms with E-state index in [-0.39, 0.29) is 6.10 Å². The minimum atomic E-state index is -1.57. The zero-order valence-corrected chi connectivity index (χ0v) is 17.3. The molecule has 0 aromatic carbocycles. The van der Waals surface area contributed by atoms with E-state index >= 15 is 0 Å². The van der Waals surface area contributed by atoms with Crippen LogP contribution in [0.1, 0.15) is 117 Å². The SMILES string of the molecule is CCCCCCCCCCCCCCCOS(=O)OC(C)CCC. The molecule has 146 valence electrons. The van der Waals surface area contributed by atoms with E-state index in [1.54, 1.807) is 0 Å². The molecule has 0 radical (unpaired) electrons. The maximum Gasteiger partial charge on any atom is 0.304 e. The van der Waals surface area contributed by atoms with Crippen molar-refractivity contribution < 1.29 is 12.6 Å². The molecular formula is C20H42O3S. The van der Waals surface area contributed by atoms with Crippen molar-refractivity contribution in [2.24, 2.45) is 0 Å². The van der Waals surface area contributed by atoms with Crippen molar-refractivity contribution in [2.75, 3.05) is 6.61 Å². The van der Waals surface area contributed by atoms with Gasteiger partial charge in [-0.05, 0) is 19.8 Å². The Balaban J connectivity index is 3.16. The summed E-state index contributed by atoms with van der Waals surface area (Å²) in [5.41, 5.74) is 0. The fourth-order valence-corrected chi connectivity index (χ4v) is 3.54. The average molecular weight is 363 g/mol. The van der Waals surface area contributed by atoms with Gasteiger partial charge in [-0.25, -0.2) is 0 Å². The molecule has 24 heavy (non-hydrogen) atoms. The van der Waals surface area contributed by atoms with Crippen molar-refractivity contribution in [3.05, 3.63) is 0 Å². The Bertz CT molecular complexity index is 272. The Hall–Kier alpha value is 0.0700. The number of rotatable bonds is 19. The lowest BCUT2D eigenvalue weighted by atomic mass is 10.0. The second-order valence-electron chi connectivity index (χ2n) is 6.96. The van der Waals surface area contributed by atoms with Crippen LogP contribution in [-0.4, -0.2) is 16.9 Å². The third-order valence-electron chi connectivity index (χ3n) is 4.37. The van der Waals surface area contributed by atoms with Gasteiger partial charge in [-0.1, -0.05) is 97.3 Å². The first-order chi connectivity index (χ1) is 11.7. The van der Waals surface area contributed by atoms with Gasteiger partial charge in [-0.2, -0.15) is 4.21 Å². The van der Waals surface area contributed by atoms with E-state index < -0.39 is 11.4 Å². The normalized spacial score (nSPS) is 14.0. The smallest absolute Gasteiger partial charge is 0.268 e. The summed E-state index contributed by atoms with van der Waals surface area (Å²) >= 11 is -1.57. The van der Waals surface area contributed by atoms with Gasteiger partial charge in [0.15, 0.2) is 0 Å². The monoisotopic (exact) mass is 362 g/mol. The lowest BCUT2D eigenvalue weighted by Gasteiger charge is -2.10. The standard InChI is InChI=1S/C20H42O3S/c1-4-6-7-8-9-10-11-12-13-14-15-16-17-19-22-24(21)23-20(3)18-5-2/h20H,4-19H2,1-3H3. The average Bonchev–Trinajstić information content (AvgIpc) is 2.55. The Morgan fingerprint density at radius 1 is 0.708 bits per heavy atom.